The minimum absolute atomic E-state index is 0.111. The lowest BCUT2D eigenvalue weighted by Crippen LogP contribution is -2.13. The van der Waals surface area contributed by atoms with Crippen molar-refractivity contribution in [1.29, 1.82) is 0 Å². The van der Waals surface area contributed by atoms with E-state index in [0.717, 1.165) is 70.6 Å². The molecule has 0 bridgehead atoms. The van der Waals surface area contributed by atoms with Gasteiger partial charge in [0, 0.05) is 25.7 Å². The molecule has 3 unspecified atom stereocenters. The van der Waals surface area contributed by atoms with Crippen LogP contribution in [-0.4, -0.2) is 66.5 Å². The van der Waals surface area contributed by atoms with Crippen molar-refractivity contribution in [3.8, 4) is 0 Å². The molecule has 0 radical (unpaired) electrons. The van der Waals surface area contributed by atoms with Gasteiger partial charge >= 0.3 is 35.8 Å². The van der Waals surface area contributed by atoms with Crippen LogP contribution < -0.4 is 0 Å². The maximum absolute atomic E-state index is 10.4. The minimum Gasteiger partial charge on any atom is -0.481 e. The Balaban J connectivity index is -0.000000120. The van der Waals surface area contributed by atoms with Crippen molar-refractivity contribution in [1.82, 2.24) is 0 Å². The van der Waals surface area contributed by atoms with E-state index in [1.807, 2.05) is 41.5 Å². The quantitative estimate of drug-likeness (QED) is 0.0642. The molecular weight excluding hydrogens is 660 g/mol. The number of hydrogen-bond donors (Lipinski definition) is 6. The maximum Gasteiger partial charge on any atom is 0.306 e. The Morgan fingerprint density at radius 3 is 1.16 bits per heavy atom. The van der Waals surface area contributed by atoms with Gasteiger partial charge in [-0.3, -0.25) is 28.8 Å². The number of carboxylic acid groups (broad SMARTS) is 6. The van der Waals surface area contributed by atoms with Crippen LogP contribution in [0.3, 0.4) is 0 Å². The Morgan fingerprint density at radius 2 is 0.941 bits per heavy atom. The summed E-state index contributed by atoms with van der Waals surface area (Å²) in [5, 5.41) is 49.6. The van der Waals surface area contributed by atoms with Crippen LogP contribution in [0, 0.1) is 29.1 Å². The third-order valence-corrected chi connectivity index (χ3v) is 6.84. The molecule has 6 N–H and O–H groups in total. The number of rotatable bonds is 20. The second-order valence-corrected chi connectivity index (χ2v) is 14.4. The zero-order chi connectivity index (χ0) is 41.6. The molecule has 0 saturated heterocycles. The van der Waals surface area contributed by atoms with Crippen LogP contribution in [0.4, 0.5) is 0 Å². The molecule has 0 aliphatic heterocycles. The molecule has 306 valence electrons. The minimum atomic E-state index is -0.713. The van der Waals surface area contributed by atoms with E-state index in [1.165, 1.54) is 6.42 Å². The Labute approximate surface area is 309 Å². The maximum atomic E-state index is 10.4. The van der Waals surface area contributed by atoms with Gasteiger partial charge in [0.15, 0.2) is 0 Å². The van der Waals surface area contributed by atoms with Crippen molar-refractivity contribution in [2.24, 2.45) is 29.1 Å². The number of aliphatic carboxylic acids is 6. The van der Waals surface area contributed by atoms with E-state index in [1.54, 1.807) is 6.92 Å². The van der Waals surface area contributed by atoms with E-state index >= 15 is 0 Å². The molecule has 12 heteroatoms. The lowest BCUT2D eigenvalue weighted by molar-refractivity contribution is -0.142. The first-order chi connectivity index (χ1) is 23.4. The average Bonchev–Trinajstić information content (AvgIpc) is 2.97. The van der Waals surface area contributed by atoms with E-state index in [2.05, 4.69) is 34.6 Å². The molecule has 0 saturated carbocycles. The summed E-state index contributed by atoms with van der Waals surface area (Å²) in [6.07, 6.45) is 12.6. The zero-order valence-electron chi connectivity index (χ0n) is 34.3. The summed E-state index contributed by atoms with van der Waals surface area (Å²) in [4.78, 5) is 60.2. The Kier molecular flexibility index (Phi) is 48.5. The van der Waals surface area contributed by atoms with E-state index in [0.29, 0.717) is 12.8 Å². The van der Waals surface area contributed by atoms with E-state index in [9.17, 15) is 28.8 Å². The fourth-order valence-corrected chi connectivity index (χ4v) is 3.92. The van der Waals surface area contributed by atoms with Crippen molar-refractivity contribution in [3.05, 3.63) is 0 Å². The number of carbonyl (C=O) groups is 6. The first kappa shape index (κ1) is 59.9. The molecule has 51 heavy (non-hydrogen) atoms. The molecule has 0 aliphatic rings. The third-order valence-electron chi connectivity index (χ3n) is 6.84. The molecule has 0 aromatic heterocycles. The molecule has 12 nitrogen and oxygen atoms in total. The fourth-order valence-electron chi connectivity index (χ4n) is 3.92. The molecule has 0 heterocycles. The fraction of sp³-hybridized carbons (Fsp3) is 0.846. The van der Waals surface area contributed by atoms with Gasteiger partial charge in [-0.05, 0) is 55.8 Å². The van der Waals surface area contributed by atoms with Gasteiger partial charge < -0.3 is 30.6 Å². The summed E-state index contributed by atoms with van der Waals surface area (Å²) in [6, 6.07) is 0. The van der Waals surface area contributed by atoms with Gasteiger partial charge in [-0.2, -0.15) is 0 Å². The highest BCUT2D eigenvalue weighted by Gasteiger charge is 2.17. The highest BCUT2D eigenvalue weighted by molar-refractivity contribution is 5.70. The van der Waals surface area contributed by atoms with Crippen LogP contribution in [0.2, 0.25) is 0 Å². The topological polar surface area (TPSA) is 224 Å². The average molecular weight is 739 g/mol. The van der Waals surface area contributed by atoms with Gasteiger partial charge in [-0.25, -0.2) is 0 Å². The summed E-state index contributed by atoms with van der Waals surface area (Å²) in [5.74, 6) is -3.85. The van der Waals surface area contributed by atoms with Gasteiger partial charge in [0.1, 0.15) is 0 Å². The SMILES string of the molecule is CC(C)CC(=O)O.CC(CC(=O)O)CC(C)(C)C.CCC(C)C(=O)O.CCCCC(=O)O.CCCCC(CC)C(=O)O.CCCCCCC(=O)O. The highest BCUT2D eigenvalue weighted by atomic mass is 16.4. The number of hydrogen-bond acceptors (Lipinski definition) is 6. The first-order valence-electron chi connectivity index (χ1n) is 18.7. The van der Waals surface area contributed by atoms with E-state index in [4.69, 9.17) is 30.6 Å². The predicted molar refractivity (Wildman–Crippen MR) is 204 cm³/mol. The highest BCUT2D eigenvalue weighted by Crippen LogP contribution is 2.25. The second-order valence-electron chi connectivity index (χ2n) is 14.4. The van der Waals surface area contributed by atoms with Crippen molar-refractivity contribution in [2.75, 3.05) is 0 Å². The van der Waals surface area contributed by atoms with Gasteiger partial charge in [-0.1, -0.05) is 122 Å². The van der Waals surface area contributed by atoms with Crippen LogP contribution in [0.5, 0.6) is 0 Å². The molecular formula is C39H78O12. The number of carboxylic acids is 6. The summed E-state index contributed by atoms with van der Waals surface area (Å²) in [6.45, 7) is 23.8. The monoisotopic (exact) mass is 739 g/mol. The summed E-state index contributed by atoms with van der Waals surface area (Å²) >= 11 is 0. The van der Waals surface area contributed by atoms with Crippen LogP contribution in [0.1, 0.15) is 186 Å². The Morgan fingerprint density at radius 1 is 0.510 bits per heavy atom. The van der Waals surface area contributed by atoms with Crippen molar-refractivity contribution in [3.63, 3.8) is 0 Å². The summed E-state index contributed by atoms with van der Waals surface area (Å²) in [7, 11) is 0. The van der Waals surface area contributed by atoms with Crippen molar-refractivity contribution >= 4 is 35.8 Å². The predicted octanol–water partition coefficient (Wildman–Crippen LogP) is 10.4. The lowest BCUT2D eigenvalue weighted by Gasteiger charge is -2.21. The van der Waals surface area contributed by atoms with Crippen LogP contribution in [-0.2, 0) is 28.8 Å². The standard InChI is InChI=1S/C9H18O2.C8H16O2.C7H14O2.3C5H10O2/c1-7(5-8(10)11)6-9(2,3)4;1-3-5-6-7(4-2)8(9)10;1-2-3-4-5-6-7(8)9;1-4(2)3-5(6)7;1-3-4(2)5(6)7;1-2-3-4-5(6)7/h7H,5-6H2,1-4H3,(H,10,11);7H,3-6H2,1-2H3,(H,9,10);2-6H2,1H3,(H,8,9);2*4H,3H2,1-2H3,(H,6,7);2-4H2,1H3,(H,6,7). The third kappa shape index (κ3) is 73.3. The first-order valence-corrected chi connectivity index (χ1v) is 18.7. The van der Waals surface area contributed by atoms with Gasteiger partial charge in [0.05, 0.1) is 11.8 Å². The summed E-state index contributed by atoms with van der Waals surface area (Å²) < 4.78 is 0. The van der Waals surface area contributed by atoms with Crippen LogP contribution in [0.15, 0.2) is 0 Å². The molecule has 0 aromatic rings. The molecule has 0 spiro atoms. The largest absolute Gasteiger partial charge is 0.481 e. The van der Waals surface area contributed by atoms with Crippen molar-refractivity contribution in [2.45, 2.75) is 186 Å². The second kappa shape index (κ2) is 41.2. The summed E-state index contributed by atoms with van der Waals surface area (Å²) in [5.41, 5.74) is 0.245. The Bertz CT molecular complexity index is 863. The van der Waals surface area contributed by atoms with Gasteiger partial charge in [0.2, 0.25) is 0 Å². The van der Waals surface area contributed by atoms with Crippen LogP contribution >= 0.6 is 0 Å². The smallest absolute Gasteiger partial charge is 0.306 e. The molecule has 3 atom stereocenters. The zero-order valence-corrected chi connectivity index (χ0v) is 34.3. The van der Waals surface area contributed by atoms with E-state index in [-0.39, 0.29) is 41.9 Å². The molecule has 0 aliphatic carbocycles. The van der Waals surface area contributed by atoms with Gasteiger partial charge in [-0.15, -0.1) is 0 Å². The van der Waals surface area contributed by atoms with Gasteiger partial charge in [0.25, 0.3) is 0 Å². The normalized spacial score (nSPS) is 11.7. The van der Waals surface area contributed by atoms with Crippen molar-refractivity contribution < 1.29 is 59.4 Å². The van der Waals surface area contributed by atoms with E-state index < -0.39 is 35.8 Å². The molecule has 0 amide bonds. The molecule has 0 aromatic carbocycles. The van der Waals surface area contributed by atoms with Crippen LogP contribution in [0.25, 0.3) is 0 Å². The Hall–Kier alpha value is -3.18. The lowest BCUT2D eigenvalue weighted by atomic mass is 9.84. The molecule has 0 fully saturated rings. The molecule has 0 rings (SSSR count). The number of unbranched alkanes of at least 4 members (excludes halogenated alkanes) is 5.